The van der Waals surface area contributed by atoms with Crippen LogP contribution in [0.3, 0.4) is 0 Å². The number of nitrogens with two attached hydrogens (primary N) is 1. The molecule has 0 aliphatic carbocycles. The van der Waals surface area contributed by atoms with E-state index in [1.807, 2.05) is 27.7 Å². The van der Waals surface area contributed by atoms with E-state index in [4.69, 9.17) is 19.9 Å². The number of benzene rings is 1. The standard InChI is InChI=1S/C17H28N2O4/c1-5-21-14-10-13(17(20)19-9-8-12(4)18)11-15(22-6-2)16(14)23-7-3/h10-12H,5-9,18H2,1-4H3,(H,19,20). The Morgan fingerprint density at radius 1 is 1.09 bits per heavy atom. The number of ether oxygens (including phenoxy) is 3. The molecule has 0 bridgehead atoms. The van der Waals surface area contributed by atoms with Crippen molar-refractivity contribution in [2.45, 2.75) is 40.2 Å². The first-order valence-corrected chi connectivity index (χ1v) is 8.13. The van der Waals surface area contributed by atoms with E-state index in [1.165, 1.54) is 0 Å². The van der Waals surface area contributed by atoms with Crippen molar-refractivity contribution in [3.63, 3.8) is 0 Å². The highest BCUT2D eigenvalue weighted by atomic mass is 16.5. The second-order valence-electron chi connectivity index (χ2n) is 5.12. The third-order valence-electron chi connectivity index (χ3n) is 3.06. The van der Waals surface area contributed by atoms with Gasteiger partial charge in [0.1, 0.15) is 0 Å². The number of amides is 1. The SMILES string of the molecule is CCOc1cc(C(=O)NCCC(C)N)cc(OCC)c1OCC. The van der Waals surface area contributed by atoms with Crippen LogP contribution in [-0.4, -0.2) is 38.3 Å². The highest BCUT2D eigenvalue weighted by Crippen LogP contribution is 2.39. The molecule has 1 amide bonds. The van der Waals surface area contributed by atoms with Gasteiger partial charge in [-0.1, -0.05) is 0 Å². The minimum atomic E-state index is -0.185. The van der Waals surface area contributed by atoms with Crippen molar-refractivity contribution in [3.8, 4) is 17.2 Å². The molecule has 3 N–H and O–H groups in total. The Bertz CT molecular complexity index is 476. The maximum Gasteiger partial charge on any atom is 0.251 e. The quantitative estimate of drug-likeness (QED) is 0.690. The van der Waals surface area contributed by atoms with Crippen LogP contribution < -0.4 is 25.3 Å². The van der Waals surface area contributed by atoms with Gasteiger partial charge in [-0.3, -0.25) is 4.79 Å². The first-order valence-electron chi connectivity index (χ1n) is 8.13. The van der Waals surface area contributed by atoms with Crippen molar-refractivity contribution < 1.29 is 19.0 Å². The predicted molar refractivity (Wildman–Crippen MR) is 90.5 cm³/mol. The van der Waals surface area contributed by atoms with Crippen LogP contribution in [0.25, 0.3) is 0 Å². The summed E-state index contributed by atoms with van der Waals surface area (Å²) in [6.07, 6.45) is 0.722. The monoisotopic (exact) mass is 324 g/mol. The highest BCUT2D eigenvalue weighted by molar-refractivity contribution is 5.95. The van der Waals surface area contributed by atoms with Crippen LogP contribution in [0.1, 0.15) is 44.5 Å². The minimum absolute atomic E-state index is 0.0496. The van der Waals surface area contributed by atoms with Gasteiger partial charge in [0, 0.05) is 18.2 Å². The third kappa shape index (κ3) is 5.98. The Kier molecular flexibility index (Phi) is 8.26. The lowest BCUT2D eigenvalue weighted by Crippen LogP contribution is -2.29. The molecule has 0 spiro atoms. The topological polar surface area (TPSA) is 82.8 Å². The van der Waals surface area contributed by atoms with Crippen LogP contribution >= 0.6 is 0 Å². The fourth-order valence-electron chi connectivity index (χ4n) is 2.04. The van der Waals surface area contributed by atoms with Crippen molar-refractivity contribution in [2.24, 2.45) is 5.73 Å². The number of hydrogen-bond acceptors (Lipinski definition) is 5. The molecule has 0 aliphatic heterocycles. The van der Waals surface area contributed by atoms with Gasteiger partial charge in [-0.05, 0) is 46.2 Å². The molecule has 0 heterocycles. The molecule has 0 fully saturated rings. The maximum atomic E-state index is 12.3. The lowest BCUT2D eigenvalue weighted by atomic mass is 10.1. The summed E-state index contributed by atoms with van der Waals surface area (Å²) in [6, 6.07) is 3.41. The van der Waals surface area contributed by atoms with Crippen molar-refractivity contribution in [2.75, 3.05) is 26.4 Å². The molecule has 130 valence electrons. The maximum absolute atomic E-state index is 12.3. The smallest absolute Gasteiger partial charge is 0.251 e. The van der Waals surface area contributed by atoms with E-state index in [1.54, 1.807) is 12.1 Å². The normalized spacial score (nSPS) is 11.7. The van der Waals surface area contributed by atoms with Crippen molar-refractivity contribution >= 4 is 5.91 Å². The Balaban J connectivity index is 3.04. The largest absolute Gasteiger partial charge is 0.490 e. The number of carbonyl (C=O) groups excluding carboxylic acids is 1. The molecule has 1 atom stereocenters. The van der Waals surface area contributed by atoms with Gasteiger partial charge in [0.2, 0.25) is 5.75 Å². The summed E-state index contributed by atoms with van der Waals surface area (Å²) in [5.41, 5.74) is 6.17. The van der Waals surface area contributed by atoms with E-state index >= 15 is 0 Å². The van der Waals surface area contributed by atoms with Crippen LogP contribution in [0.15, 0.2) is 12.1 Å². The number of carbonyl (C=O) groups is 1. The number of hydrogen-bond donors (Lipinski definition) is 2. The molecule has 1 aromatic rings. The van der Waals surface area contributed by atoms with Crippen LogP contribution in [-0.2, 0) is 0 Å². The molecule has 0 saturated heterocycles. The Labute approximate surface area is 138 Å². The van der Waals surface area contributed by atoms with E-state index in [-0.39, 0.29) is 11.9 Å². The van der Waals surface area contributed by atoms with Gasteiger partial charge in [-0.15, -0.1) is 0 Å². The summed E-state index contributed by atoms with van der Waals surface area (Å²) in [5, 5.41) is 2.85. The number of rotatable bonds is 10. The molecule has 1 rings (SSSR count). The summed E-state index contributed by atoms with van der Waals surface area (Å²) in [4.78, 5) is 12.3. The first kappa shape index (κ1) is 19.1. The molecule has 0 saturated carbocycles. The highest BCUT2D eigenvalue weighted by Gasteiger charge is 2.18. The summed E-state index contributed by atoms with van der Waals surface area (Å²) in [6.45, 7) is 9.51. The zero-order valence-corrected chi connectivity index (χ0v) is 14.5. The second-order valence-corrected chi connectivity index (χ2v) is 5.12. The van der Waals surface area contributed by atoms with E-state index in [0.29, 0.717) is 49.2 Å². The van der Waals surface area contributed by atoms with Gasteiger partial charge in [0.25, 0.3) is 5.91 Å². The Hall–Kier alpha value is -1.95. The molecule has 0 aromatic heterocycles. The van der Waals surface area contributed by atoms with Crippen LogP contribution in [0.2, 0.25) is 0 Å². The Morgan fingerprint density at radius 3 is 2.04 bits per heavy atom. The molecular weight excluding hydrogens is 296 g/mol. The zero-order valence-electron chi connectivity index (χ0n) is 14.5. The number of nitrogens with one attached hydrogen (secondary N) is 1. The van der Waals surface area contributed by atoms with Gasteiger partial charge in [0.05, 0.1) is 19.8 Å². The molecular formula is C17H28N2O4. The predicted octanol–water partition coefficient (Wildman–Crippen LogP) is 2.35. The first-order chi connectivity index (χ1) is 11.0. The van der Waals surface area contributed by atoms with Crippen molar-refractivity contribution in [1.29, 1.82) is 0 Å². The molecule has 6 nitrogen and oxygen atoms in total. The van der Waals surface area contributed by atoms with E-state index < -0.39 is 0 Å². The van der Waals surface area contributed by atoms with Crippen molar-refractivity contribution in [1.82, 2.24) is 5.32 Å². The second kappa shape index (κ2) is 9.94. The van der Waals surface area contributed by atoms with Crippen LogP contribution in [0, 0.1) is 0 Å². The van der Waals surface area contributed by atoms with E-state index in [0.717, 1.165) is 6.42 Å². The average Bonchev–Trinajstić information content (AvgIpc) is 2.50. The van der Waals surface area contributed by atoms with E-state index in [2.05, 4.69) is 5.32 Å². The summed E-state index contributed by atoms with van der Waals surface area (Å²) in [5.74, 6) is 1.37. The minimum Gasteiger partial charge on any atom is -0.490 e. The van der Waals surface area contributed by atoms with Gasteiger partial charge >= 0.3 is 0 Å². The fraction of sp³-hybridized carbons (Fsp3) is 0.588. The summed E-state index contributed by atoms with van der Waals surface area (Å²) >= 11 is 0. The van der Waals surface area contributed by atoms with Gasteiger partial charge in [-0.25, -0.2) is 0 Å². The lowest BCUT2D eigenvalue weighted by Gasteiger charge is -2.17. The van der Waals surface area contributed by atoms with Gasteiger partial charge in [0.15, 0.2) is 11.5 Å². The zero-order chi connectivity index (χ0) is 17.2. The van der Waals surface area contributed by atoms with Crippen molar-refractivity contribution in [3.05, 3.63) is 17.7 Å². The lowest BCUT2D eigenvalue weighted by molar-refractivity contribution is 0.0951. The van der Waals surface area contributed by atoms with E-state index in [9.17, 15) is 4.79 Å². The molecule has 23 heavy (non-hydrogen) atoms. The third-order valence-corrected chi connectivity index (χ3v) is 3.06. The molecule has 1 aromatic carbocycles. The van der Waals surface area contributed by atoms with Gasteiger partial charge < -0.3 is 25.3 Å². The molecule has 6 heteroatoms. The van der Waals surface area contributed by atoms with Crippen LogP contribution in [0.5, 0.6) is 17.2 Å². The summed E-state index contributed by atoms with van der Waals surface area (Å²) in [7, 11) is 0. The summed E-state index contributed by atoms with van der Waals surface area (Å²) < 4.78 is 16.8. The molecule has 0 radical (unpaired) electrons. The van der Waals surface area contributed by atoms with Gasteiger partial charge in [-0.2, -0.15) is 0 Å². The average molecular weight is 324 g/mol. The fourth-order valence-corrected chi connectivity index (χ4v) is 2.04. The molecule has 1 unspecified atom stereocenters. The Morgan fingerprint density at radius 2 is 1.61 bits per heavy atom. The van der Waals surface area contributed by atoms with Crippen LogP contribution in [0.4, 0.5) is 0 Å². The molecule has 0 aliphatic rings.